The van der Waals surface area contributed by atoms with Crippen LogP contribution in [0.3, 0.4) is 0 Å². The second-order valence-electron chi connectivity index (χ2n) is 3.41. The van der Waals surface area contributed by atoms with Crippen LogP contribution >= 0.6 is 23.7 Å². The van der Waals surface area contributed by atoms with Crippen molar-refractivity contribution in [3.63, 3.8) is 0 Å². The lowest BCUT2D eigenvalue weighted by molar-refractivity contribution is 0.443. The van der Waals surface area contributed by atoms with E-state index >= 15 is 0 Å². The van der Waals surface area contributed by atoms with Gasteiger partial charge in [0.15, 0.2) is 5.13 Å². The summed E-state index contributed by atoms with van der Waals surface area (Å²) >= 11 is 1.72. The molecule has 3 nitrogen and oxygen atoms in total. The van der Waals surface area contributed by atoms with Crippen LogP contribution in [0.2, 0.25) is 0 Å². The summed E-state index contributed by atoms with van der Waals surface area (Å²) in [6.45, 7) is 2.28. The molecule has 0 spiro atoms. The van der Waals surface area contributed by atoms with Gasteiger partial charge in [0.05, 0.1) is 0 Å². The first-order valence-electron chi connectivity index (χ1n) is 4.71. The highest BCUT2D eigenvalue weighted by atomic mass is 35.5. The van der Waals surface area contributed by atoms with Crippen LogP contribution < -0.4 is 10.2 Å². The Kier molecular flexibility index (Phi) is 4.65. The molecule has 1 saturated heterocycles. The molecule has 5 heteroatoms. The van der Waals surface area contributed by atoms with Gasteiger partial charge in [-0.2, -0.15) is 0 Å². The summed E-state index contributed by atoms with van der Waals surface area (Å²) in [6.07, 6.45) is 4.34. The monoisotopic (exact) mass is 233 g/mol. The summed E-state index contributed by atoms with van der Waals surface area (Å²) in [6, 6.07) is 0.674. The van der Waals surface area contributed by atoms with Crippen LogP contribution in [0.1, 0.15) is 12.8 Å². The van der Waals surface area contributed by atoms with Crippen molar-refractivity contribution >= 4 is 28.9 Å². The molecule has 0 saturated carbocycles. The van der Waals surface area contributed by atoms with Crippen molar-refractivity contribution in [2.75, 3.05) is 25.0 Å². The fourth-order valence-electron chi connectivity index (χ4n) is 1.74. The van der Waals surface area contributed by atoms with Gasteiger partial charge in [-0.15, -0.1) is 23.7 Å². The van der Waals surface area contributed by atoms with Crippen molar-refractivity contribution in [1.82, 2.24) is 10.3 Å². The quantitative estimate of drug-likeness (QED) is 0.844. The number of nitrogens with one attached hydrogen (secondary N) is 1. The molecule has 2 rings (SSSR count). The van der Waals surface area contributed by atoms with E-state index in [-0.39, 0.29) is 12.4 Å². The molecule has 0 aliphatic carbocycles. The lowest BCUT2D eigenvalue weighted by Gasteiger charge is -2.31. The van der Waals surface area contributed by atoms with Gasteiger partial charge >= 0.3 is 0 Å². The number of thiazole rings is 1. The predicted octanol–water partition coefficient (Wildman–Crippen LogP) is 1.75. The Morgan fingerprint density at radius 2 is 2.21 bits per heavy atom. The van der Waals surface area contributed by atoms with Crippen molar-refractivity contribution in [2.24, 2.45) is 0 Å². The van der Waals surface area contributed by atoms with Gasteiger partial charge in [0, 0.05) is 24.7 Å². The van der Waals surface area contributed by atoms with Gasteiger partial charge in [0.2, 0.25) is 0 Å². The summed E-state index contributed by atoms with van der Waals surface area (Å²) < 4.78 is 0. The van der Waals surface area contributed by atoms with Gasteiger partial charge < -0.3 is 10.2 Å². The SMILES string of the molecule is CN(c1nccs1)C1CCNCC1.Cl. The van der Waals surface area contributed by atoms with Gasteiger partial charge in [0.1, 0.15) is 0 Å². The number of piperidine rings is 1. The van der Waals surface area contributed by atoms with Crippen LogP contribution in [0, 0.1) is 0 Å². The number of halogens is 1. The van der Waals surface area contributed by atoms with E-state index in [2.05, 4.69) is 22.2 Å². The predicted molar refractivity (Wildman–Crippen MR) is 63.7 cm³/mol. The first-order valence-corrected chi connectivity index (χ1v) is 5.59. The largest absolute Gasteiger partial charge is 0.348 e. The van der Waals surface area contributed by atoms with Crippen LogP contribution in [0.15, 0.2) is 11.6 Å². The number of nitrogens with zero attached hydrogens (tertiary/aromatic N) is 2. The van der Waals surface area contributed by atoms with Gasteiger partial charge in [0.25, 0.3) is 0 Å². The topological polar surface area (TPSA) is 28.2 Å². The molecular weight excluding hydrogens is 218 g/mol. The van der Waals surface area contributed by atoms with Crippen molar-refractivity contribution in [3.8, 4) is 0 Å². The molecule has 0 amide bonds. The Bertz CT molecular complexity index is 247. The lowest BCUT2D eigenvalue weighted by Crippen LogP contribution is -2.41. The van der Waals surface area contributed by atoms with E-state index in [1.807, 2.05) is 11.6 Å². The second kappa shape index (κ2) is 5.53. The molecule has 0 radical (unpaired) electrons. The molecule has 1 N–H and O–H groups in total. The summed E-state index contributed by atoms with van der Waals surface area (Å²) in [7, 11) is 2.15. The number of anilines is 1. The van der Waals surface area contributed by atoms with E-state index in [1.54, 1.807) is 11.3 Å². The number of aromatic nitrogens is 1. The zero-order chi connectivity index (χ0) is 9.10. The molecule has 1 fully saturated rings. The third kappa shape index (κ3) is 2.59. The first kappa shape index (κ1) is 11.8. The molecular formula is C9H16ClN3S. The zero-order valence-electron chi connectivity index (χ0n) is 8.27. The van der Waals surface area contributed by atoms with Gasteiger partial charge in [-0.05, 0) is 25.9 Å². The first-order chi connectivity index (χ1) is 6.38. The Hall–Kier alpha value is -0.320. The van der Waals surface area contributed by atoms with Crippen LogP contribution in [-0.4, -0.2) is 31.2 Å². The lowest BCUT2D eigenvalue weighted by atomic mass is 10.1. The maximum absolute atomic E-state index is 4.32. The average Bonchev–Trinajstić information content (AvgIpc) is 2.71. The van der Waals surface area contributed by atoms with Crippen LogP contribution in [0.25, 0.3) is 0 Å². The Labute approximate surface area is 94.9 Å². The number of hydrogen-bond acceptors (Lipinski definition) is 4. The Morgan fingerprint density at radius 3 is 2.79 bits per heavy atom. The summed E-state index contributed by atoms with van der Waals surface area (Å²) in [4.78, 5) is 6.63. The minimum atomic E-state index is 0. The maximum atomic E-state index is 4.32. The minimum Gasteiger partial charge on any atom is -0.348 e. The van der Waals surface area contributed by atoms with Crippen LogP contribution in [0.5, 0.6) is 0 Å². The molecule has 0 unspecified atom stereocenters. The molecule has 2 heterocycles. The van der Waals surface area contributed by atoms with Crippen LogP contribution in [-0.2, 0) is 0 Å². The molecule has 1 aromatic heterocycles. The van der Waals surface area contributed by atoms with E-state index in [4.69, 9.17) is 0 Å². The highest BCUT2D eigenvalue weighted by Crippen LogP contribution is 2.21. The molecule has 1 aliphatic rings. The van der Waals surface area contributed by atoms with Crippen molar-refractivity contribution in [1.29, 1.82) is 0 Å². The molecule has 1 aliphatic heterocycles. The van der Waals surface area contributed by atoms with E-state index in [1.165, 1.54) is 12.8 Å². The maximum Gasteiger partial charge on any atom is 0.185 e. The zero-order valence-corrected chi connectivity index (χ0v) is 9.90. The standard InChI is InChI=1S/C9H15N3S.ClH/c1-12(9-11-6-7-13-9)8-2-4-10-5-3-8;/h6-8,10H,2-5H2,1H3;1H. The van der Waals surface area contributed by atoms with E-state index < -0.39 is 0 Å². The van der Waals surface area contributed by atoms with Gasteiger partial charge in [-0.3, -0.25) is 0 Å². The molecule has 0 atom stereocenters. The minimum absolute atomic E-state index is 0. The fraction of sp³-hybridized carbons (Fsp3) is 0.667. The number of hydrogen-bond donors (Lipinski definition) is 1. The van der Waals surface area contributed by atoms with Gasteiger partial charge in [-0.1, -0.05) is 0 Å². The molecule has 80 valence electrons. The third-order valence-electron chi connectivity index (χ3n) is 2.58. The summed E-state index contributed by atoms with van der Waals surface area (Å²) in [5.74, 6) is 0. The normalized spacial score (nSPS) is 17.5. The second-order valence-corrected chi connectivity index (χ2v) is 4.28. The average molecular weight is 234 g/mol. The summed E-state index contributed by atoms with van der Waals surface area (Å²) in [5, 5.41) is 6.55. The Morgan fingerprint density at radius 1 is 1.50 bits per heavy atom. The van der Waals surface area contributed by atoms with Crippen LogP contribution in [0.4, 0.5) is 5.13 Å². The third-order valence-corrected chi connectivity index (χ3v) is 3.44. The van der Waals surface area contributed by atoms with Gasteiger partial charge in [-0.25, -0.2) is 4.98 Å². The van der Waals surface area contributed by atoms with Crippen molar-refractivity contribution < 1.29 is 0 Å². The molecule has 14 heavy (non-hydrogen) atoms. The molecule has 1 aromatic rings. The smallest absolute Gasteiger partial charge is 0.185 e. The van der Waals surface area contributed by atoms with Crippen molar-refractivity contribution in [3.05, 3.63) is 11.6 Å². The highest BCUT2D eigenvalue weighted by Gasteiger charge is 2.18. The molecule has 0 bridgehead atoms. The summed E-state index contributed by atoms with van der Waals surface area (Å²) in [5.41, 5.74) is 0. The highest BCUT2D eigenvalue weighted by molar-refractivity contribution is 7.13. The fourth-order valence-corrected chi connectivity index (χ4v) is 2.42. The van der Waals surface area contributed by atoms with Crippen molar-refractivity contribution in [2.45, 2.75) is 18.9 Å². The number of rotatable bonds is 2. The van der Waals surface area contributed by atoms with E-state index in [0.717, 1.165) is 18.2 Å². The van der Waals surface area contributed by atoms with E-state index in [9.17, 15) is 0 Å². The Balaban J connectivity index is 0.000000980. The van der Waals surface area contributed by atoms with E-state index in [0.29, 0.717) is 6.04 Å². The molecule has 0 aromatic carbocycles.